The average Bonchev–Trinajstić information content (AvgIpc) is 2.87. The van der Waals surface area contributed by atoms with Gasteiger partial charge in [-0.15, -0.1) is 0 Å². The summed E-state index contributed by atoms with van der Waals surface area (Å²) in [5, 5.41) is 0.314. The van der Waals surface area contributed by atoms with Gasteiger partial charge in [-0.25, -0.2) is 14.8 Å². The Kier molecular flexibility index (Phi) is 3.60. The van der Waals surface area contributed by atoms with Crippen LogP contribution < -0.4 is 4.74 Å². The van der Waals surface area contributed by atoms with Gasteiger partial charge in [-0.05, 0) is 12.1 Å². The number of hydrogen-bond donors (Lipinski definition) is 0. The molecule has 28 heavy (non-hydrogen) atoms. The molecule has 1 aliphatic carbocycles. The van der Waals surface area contributed by atoms with E-state index in [9.17, 15) is 4.79 Å². The number of hydrogen-bond acceptors (Lipinski definition) is 4. The summed E-state index contributed by atoms with van der Waals surface area (Å²) in [5.41, 5.74) is -0.483. The summed E-state index contributed by atoms with van der Waals surface area (Å²) in [7, 11) is 0. The van der Waals surface area contributed by atoms with Gasteiger partial charge >= 0.3 is 0 Å². The van der Waals surface area contributed by atoms with E-state index in [0.717, 1.165) is 0 Å². The fourth-order valence-electron chi connectivity index (χ4n) is 4.92. The molecule has 2 heterocycles. The van der Waals surface area contributed by atoms with Crippen LogP contribution in [0.2, 0.25) is 5.02 Å². The highest BCUT2D eigenvalue weighted by Gasteiger charge is 2.67. The van der Waals surface area contributed by atoms with Gasteiger partial charge in [0.1, 0.15) is 18.2 Å². The number of carbonyl (C=O) groups excluding carboxylic acids is 1. The Morgan fingerprint density at radius 1 is 1.36 bits per heavy atom. The number of aromatic nitrogens is 2. The topological polar surface area (TPSA) is 59.7 Å². The number of fused-ring (bicyclic) bond motifs is 1. The summed E-state index contributed by atoms with van der Waals surface area (Å²) in [6.45, 7) is 12.9. The van der Waals surface area contributed by atoms with E-state index in [4.69, 9.17) is 25.7 Å². The zero-order chi connectivity index (χ0) is 22.1. The Morgan fingerprint density at radius 3 is 2.68 bits per heavy atom. The lowest BCUT2D eigenvalue weighted by Crippen LogP contribution is -2.74. The lowest BCUT2D eigenvalue weighted by Gasteiger charge is -2.65. The van der Waals surface area contributed by atoms with Crippen molar-refractivity contribution in [2.45, 2.75) is 46.3 Å². The fraction of sp³-hybridized carbons (Fsp3) is 0.429. The van der Waals surface area contributed by atoms with Crippen molar-refractivity contribution < 1.29 is 12.3 Å². The van der Waals surface area contributed by atoms with Gasteiger partial charge < -0.3 is 9.64 Å². The fourth-order valence-corrected chi connectivity index (χ4v) is 5.13. The number of halogens is 1. The smallest absolute Gasteiger partial charge is 0.257 e. The molecule has 0 bridgehead atoms. The first-order valence-corrected chi connectivity index (χ1v) is 9.29. The van der Waals surface area contributed by atoms with E-state index in [-0.39, 0.29) is 17.4 Å². The second-order valence-electron chi connectivity index (χ2n) is 8.34. The molecular formula is C21H21ClN4O2. The quantitative estimate of drug-likeness (QED) is 0.713. The molecule has 1 saturated carbocycles. The highest BCUT2D eigenvalue weighted by molar-refractivity contribution is 6.33. The normalized spacial score (nSPS) is 27.1. The maximum Gasteiger partial charge on any atom is 0.257 e. The Morgan fingerprint density at radius 2 is 2.07 bits per heavy atom. The molecule has 0 N–H and O–H groups in total. The monoisotopic (exact) mass is 398 g/mol. The molecule has 144 valence electrons. The molecule has 0 radical (unpaired) electrons. The molecule has 1 fully saturated rings. The van der Waals surface area contributed by atoms with Crippen LogP contribution in [0.25, 0.3) is 4.85 Å². The van der Waals surface area contributed by atoms with Gasteiger partial charge in [0, 0.05) is 23.1 Å². The number of carbonyl (C=O) groups is 1. The Hall–Kier alpha value is -2.65. The van der Waals surface area contributed by atoms with Crippen molar-refractivity contribution in [3.05, 3.63) is 58.4 Å². The summed E-state index contributed by atoms with van der Waals surface area (Å²) in [6.07, 6.45) is 2.31. The molecule has 1 amide bonds. The van der Waals surface area contributed by atoms with Gasteiger partial charge in [-0.1, -0.05) is 45.4 Å². The first kappa shape index (κ1) is 16.3. The summed E-state index contributed by atoms with van der Waals surface area (Å²) in [5.74, 6) is 0.117. The third kappa shape index (κ3) is 2.57. The summed E-state index contributed by atoms with van der Waals surface area (Å²) in [6, 6.07) is 4.48. The minimum atomic E-state index is -2.04. The highest BCUT2D eigenvalue weighted by atomic mass is 35.5. The van der Waals surface area contributed by atoms with E-state index < -0.39 is 29.3 Å². The molecule has 6 nitrogen and oxygen atoms in total. The lowest BCUT2D eigenvalue weighted by molar-refractivity contribution is -0.199. The number of nitrogens with zero attached hydrogens (tertiary/aromatic N) is 4. The zero-order valence-corrected chi connectivity index (χ0v) is 16.8. The van der Waals surface area contributed by atoms with E-state index in [1.54, 1.807) is 18.2 Å². The molecule has 4 rings (SSSR count). The molecule has 0 spiro atoms. The molecule has 2 aromatic rings. The predicted octanol–water partition coefficient (Wildman–Crippen LogP) is 4.52. The molecule has 0 unspecified atom stereocenters. The predicted molar refractivity (Wildman–Crippen MR) is 105 cm³/mol. The first-order valence-electron chi connectivity index (χ1n) is 9.92. The molecule has 1 aromatic heterocycles. The van der Waals surface area contributed by atoms with Crippen molar-refractivity contribution >= 4 is 23.2 Å². The van der Waals surface area contributed by atoms with Crippen LogP contribution in [0.5, 0.6) is 5.75 Å². The maximum atomic E-state index is 13.1. The van der Waals surface area contributed by atoms with Crippen molar-refractivity contribution in [1.29, 1.82) is 0 Å². The van der Waals surface area contributed by atoms with Crippen LogP contribution >= 0.6 is 11.6 Å². The van der Waals surface area contributed by atoms with Crippen LogP contribution in [0.4, 0.5) is 5.69 Å². The maximum absolute atomic E-state index is 13.1. The lowest BCUT2D eigenvalue weighted by atomic mass is 9.49. The Labute approximate surface area is 172 Å². The van der Waals surface area contributed by atoms with Gasteiger partial charge in [-0.3, -0.25) is 4.79 Å². The minimum Gasteiger partial charge on any atom is -0.489 e. The molecule has 1 aliphatic heterocycles. The van der Waals surface area contributed by atoms with E-state index in [0.29, 0.717) is 16.5 Å². The van der Waals surface area contributed by atoms with E-state index in [1.807, 2.05) is 27.7 Å². The average molecular weight is 399 g/mol. The Bertz CT molecular complexity index is 1080. The van der Waals surface area contributed by atoms with Crippen molar-refractivity contribution in [2.24, 2.45) is 10.8 Å². The largest absolute Gasteiger partial charge is 0.489 e. The standard InChI is InChI=1S/C21H21ClN4O2/c1-20(2)18(26-10-16-13(17(26)27)9-24-11-25-16)21(3,4)19(20)28-12-6-7-15(23-5)14(22)8-12/h6-9,11,18-19H,10H2,1-4H3/i10D2. The van der Waals surface area contributed by atoms with E-state index in [2.05, 4.69) is 14.8 Å². The molecule has 0 saturated heterocycles. The minimum absolute atomic E-state index is 0.0972. The van der Waals surface area contributed by atoms with E-state index >= 15 is 0 Å². The van der Waals surface area contributed by atoms with Gasteiger partial charge in [0.05, 0.1) is 32.1 Å². The van der Waals surface area contributed by atoms with Crippen molar-refractivity contribution in [3.8, 4) is 5.75 Å². The molecular weight excluding hydrogens is 376 g/mol. The van der Waals surface area contributed by atoms with Crippen LogP contribution in [-0.2, 0) is 6.50 Å². The van der Waals surface area contributed by atoms with E-state index in [1.165, 1.54) is 17.4 Å². The first-order chi connectivity index (χ1) is 13.9. The summed E-state index contributed by atoms with van der Waals surface area (Å²) < 4.78 is 23.5. The van der Waals surface area contributed by atoms with Gasteiger partial charge in [-0.2, -0.15) is 0 Å². The number of ether oxygens (including phenoxy) is 1. The molecule has 7 heteroatoms. The van der Waals surface area contributed by atoms with Crippen LogP contribution in [-0.4, -0.2) is 32.9 Å². The third-order valence-electron chi connectivity index (χ3n) is 5.70. The molecule has 1 aromatic carbocycles. The summed E-state index contributed by atoms with van der Waals surface area (Å²) in [4.78, 5) is 25.7. The van der Waals surface area contributed by atoms with Crippen LogP contribution in [0.15, 0.2) is 30.7 Å². The zero-order valence-electron chi connectivity index (χ0n) is 18.0. The summed E-state index contributed by atoms with van der Waals surface area (Å²) >= 11 is 6.15. The van der Waals surface area contributed by atoms with Gasteiger partial charge in [0.2, 0.25) is 5.69 Å². The van der Waals surface area contributed by atoms with Crippen molar-refractivity contribution in [2.75, 3.05) is 0 Å². The second-order valence-corrected chi connectivity index (χ2v) is 8.75. The molecule has 2 aliphatic rings. The van der Waals surface area contributed by atoms with Crippen molar-refractivity contribution in [3.63, 3.8) is 0 Å². The molecule has 0 atom stereocenters. The number of benzene rings is 1. The SMILES string of the molecule is [2H]C1([2H])c2ncncc2C(=O)N1C1C(C)(C)C(Oc2ccc([N+]#[C-])c(Cl)c2)C1(C)C. The van der Waals surface area contributed by atoms with Crippen LogP contribution in [0, 0.1) is 17.4 Å². The van der Waals surface area contributed by atoms with Crippen LogP contribution in [0.3, 0.4) is 0 Å². The second kappa shape index (κ2) is 6.18. The van der Waals surface area contributed by atoms with Crippen LogP contribution in [0.1, 0.15) is 46.5 Å². The number of amides is 1. The number of rotatable bonds is 3. The third-order valence-corrected chi connectivity index (χ3v) is 6.00. The Balaban J connectivity index is 1.67. The highest BCUT2D eigenvalue weighted by Crippen LogP contribution is 2.59. The van der Waals surface area contributed by atoms with Gasteiger partial charge in [0.25, 0.3) is 5.91 Å². The van der Waals surface area contributed by atoms with Crippen molar-refractivity contribution in [1.82, 2.24) is 14.9 Å². The van der Waals surface area contributed by atoms with Gasteiger partial charge in [0.15, 0.2) is 0 Å².